The zero-order chi connectivity index (χ0) is 18.5. The molecule has 0 unspecified atom stereocenters. The number of aryl methyl sites for hydroxylation is 2. The van der Waals surface area contributed by atoms with Crippen molar-refractivity contribution in [1.82, 2.24) is 14.8 Å². The lowest BCUT2D eigenvalue weighted by molar-refractivity contribution is -0.292. The van der Waals surface area contributed by atoms with Gasteiger partial charge in [-0.2, -0.15) is 22.0 Å². The number of aromatic nitrogens is 3. The second kappa shape index (κ2) is 5.66. The van der Waals surface area contributed by atoms with Gasteiger partial charge in [0, 0.05) is 10.7 Å². The summed E-state index contributed by atoms with van der Waals surface area (Å²) in [5.74, 6) is -6.98. The van der Waals surface area contributed by atoms with Crippen LogP contribution in [0.1, 0.15) is 17.0 Å². The van der Waals surface area contributed by atoms with Gasteiger partial charge < -0.3 is 0 Å². The highest BCUT2D eigenvalue weighted by molar-refractivity contribution is 8.13. The molecule has 2 aromatic rings. The molecule has 5 nitrogen and oxygen atoms in total. The van der Waals surface area contributed by atoms with Crippen LogP contribution < -0.4 is 0 Å². The van der Waals surface area contributed by atoms with Crippen molar-refractivity contribution in [2.75, 3.05) is 0 Å². The summed E-state index contributed by atoms with van der Waals surface area (Å²) in [5, 5.41) is 3.13. The predicted octanol–water partition coefficient (Wildman–Crippen LogP) is 3.47. The van der Waals surface area contributed by atoms with Crippen molar-refractivity contribution in [2.45, 2.75) is 30.8 Å². The Labute approximate surface area is 137 Å². The summed E-state index contributed by atoms with van der Waals surface area (Å²) in [6.07, 6.45) is -5.22. The number of benzene rings is 1. The Balaban J connectivity index is 2.60. The Morgan fingerprint density at radius 1 is 1.08 bits per heavy atom. The van der Waals surface area contributed by atoms with E-state index in [2.05, 4.69) is 10.1 Å². The number of hydrogen-bond donors (Lipinski definition) is 0. The molecule has 0 bridgehead atoms. The van der Waals surface area contributed by atoms with E-state index in [1.54, 1.807) is 0 Å². The number of hydrogen-bond acceptors (Lipinski definition) is 4. The molecule has 12 heteroatoms. The van der Waals surface area contributed by atoms with Crippen LogP contribution in [0, 0.1) is 13.8 Å². The molecule has 0 aliphatic rings. The molecule has 24 heavy (non-hydrogen) atoms. The van der Waals surface area contributed by atoms with Crippen molar-refractivity contribution in [3.05, 3.63) is 35.4 Å². The van der Waals surface area contributed by atoms with Crippen LogP contribution in [0.2, 0.25) is 0 Å². The summed E-state index contributed by atoms with van der Waals surface area (Å²) < 4.78 is 87.2. The molecule has 0 saturated heterocycles. The van der Waals surface area contributed by atoms with E-state index in [1.807, 2.05) is 0 Å². The number of nitrogens with zero attached hydrogens (tertiary/aromatic N) is 3. The lowest BCUT2D eigenvalue weighted by Crippen LogP contribution is -2.34. The predicted molar refractivity (Wildman–Crippen MR) is 73.8 cm³/mol. The zero-order valence-electron chi connectivity index (χ0n) is 12.1. The maximum atomic E-state index is 13.2. The molecule has 0 spiro atoms. The minimum Gasteiger partial charge on any atom is -0.220 e. The molecule has 1 heterocycles. The smallest absolute Gasteiger partial charge is 0.220 e. The molecule has 0 aliphatic carbocycles. The average molecular weight is 390 g/mol. The second-order valence-electron chi connectivity index (χ2n) is 4.93. The molecule has 132 valence electrons. The van der Waals surface area contributed by atoms with Gasteiger partial charge >= 0.3 is 12.1 Å². The van der Waals surface area contributed by atoms with E-state index in [0.29, 0.717) is 16.6 Å². The minimum absolute atomic E-state index is 0.0449. The van der Waals surface area contributed by atoms with Crippen LogP contribution >= 0.6 is 10.7 Å². The summed E-state index contributed by atoms with van der Waals surface area (Å²) in [5.41, 5.74) is 0.618. The lowest BCUT2D eigenvalue weighted by Gasteiger charge is -2.16. The van der Waals surface area contributed by atoms with Gasteiger partial charge in [0.15, 0.2) is 0 Å². The Kier molecular flexibility index (Phi) is 4.38. The quantitative estimate of drug-likeness (QED) is 0.595. The van der Waals surface area contributed by atoms with Gasteiger partial charge in [-0.25, -0.2) is 18.1 Å². The molecule has 0 saturated carbocycles. The lowest BCUT2D eigenvalue weighted by atomic mass is 10.1. The van der Waals surface area contributed by atoms with Crippen molar-refractivity contribution >= 4 is 19.7 Å². The van der Waals surface area contributed by atoms with Crippen LogP contribution in [0.25, 0.3) is 5.69 Å². The van der Waals surface area contributed by atoms with Crippen molar-refractivity contribution < 1.29 is 30.4 Å². The summed E-state index contributed by atoms with van der Waals surface area (Å²) >= 11 is 0. The molecule has 0 fully saturated rings. The maximum absolute atomic E-state index is 13.2. The van der Waals surface area contributed by atoms with Crippen LogP contribution in [0.5, 0.6) is 0 Å². The van der Waals surface area contributed by atoms with E-state index in [9.17, 15) is 30.4 Å². The standard InChI is InChI=1S/C12H9ClF5N3O2S/c1-6-3-7(2)9(24(13,22)23)4-8(6)21-5-19-10(20-21)11(14,15)12(16,17)18/h3-5H,1-2H3. The summed E-state index contributed by atoms with van der Waals surface area (Å²) in [6, 6.07) is 2.41. The molecule has 1 aromatic carbocycles. The summed E-state index contributed by atoms with van der Waals surface area (Å²) in [7, 11) is 1.13. The Bertz CT molecular complexity index is 893. The first-order valence-electron chi connectivity index (χ1n) is 6.18. The van der Waals surface area contributed by atoms with E-state index in [1.165, 1.54) is 19.9 Å². The topological polar surface area (TPSA) is 64.8 Å². The molecule has 0 radical (unpaired) electrons. The fraction of sp³-hybridized carbons (Fsp3) is 0.333. The van der Waals surface area contributed by atoms with Crippen LogP contribution in [0.15, 0.2) is 23.4 Å². The molecule has 0 N–H and O–H groups in total. The first-order chi connectivity index (χ1) is 10.7. The van der Waals surface area contributed by atoms with E-state index in [0.717, 1.165) is 6.07 Å². The second-order valence-corrected chi connectivity index (χ2v) is 7.46. The number of rotatable bonds is 3. The highest BCUT2D eigenvalue weighted by atomic mass is 35.7. The Hall–Kier alpha value is -1.75. The molecule has 0 atom stereocenters. The van der Waals surface area contributed by atoms with Crippen molar-refractivity contribution in [3.8, 4) is 5.69 Å². The first kappa shape index (κ1) is 18.6. The minimum atomic E-state index is -5.86. The average Bonchev–Trinajstić information content (AvgIpc) is 2.85. The Morgan fingerprint density at radius 3 is 2.17 bits per heavy atom. The molecular weight excluding hydrogens is 381 g/mol. The van der Waals surface area contributed by atoms with E-state index in [4.69, 9.17) is 10.7 Å². The highest BCUT2D eigenvalue weighted by Crippen LogP contribution is 2.42. The molecule has 0 amide bonds. The van der Waals surface area contributed by atoms with Crippen LogP contribution in [-0.2, 0) is 15.0 Å². The third-order valence-electron chi connectivity index (χ3n) is 3.13. The van der Waals surface area contributed by atoms with Gasteiger partial charge in [-0.05, 0) is 31.0 Å². The maximum Gasteiger partial charge on any atom is 0.461 e. The van der Waals surface area contributed by atoms with Crippen molar-refractivity contribution in [3.63, 3.8) is 0 Å². The van der Waals surface area contributed by atoms with Crippen molar-refractivity contribution in [2.24, 2.45) is 0 Å². The normalized spacial score (nSPS) is 13.3. The number of alkyl halides is 5. The van der Waals surface area contributed by atoms with E-state index < -0.39 is 27.0 Å². The van der Waals surface area contributed by atoms with Gasteiger partial charge in [0.1, 0.15) is 6.33 Å². The molecule has 0 aliphatic heterocycles. The van der Waals surface area contributed by atoms with Crippen molar-refractivity contribution in [1.29, 1.82) is 0 Å². The van der Waals surface area contributed by atoms with Crippen LogP contribution in [0.4, 0.5) is 22.0 Å². The highest BCUT2D eigenvalue weighted by Gasteiger charge is 2.61. The van der Waals surface area contributed by atoms with Gasteiger partial charge in [0.25, 0.3) is 9.05 Å². The summed E-state index contributed by atoms with van der Waals surface area (Å²) in [6.45, 7) is 2.95. The third-order valence-corrected chi connectivity index (χ3v) is 4.60. The molecule has 2 rings (SSSR count). The fourth-order valence-corrected chi connectivity index (χ4v) is 3.18. The molecular formula is C12H9ClF5N3O2S. The van der Waals surface area contributed by atoms with Gasteiger partial charge in [0.2, 0.25) is 5.82 Å². The van der Waals surface area contributed by atoms with E-state index in [-0.39, 0.29) is 16.1 Å². The van der Waals surface area contributed by atoms with Gasteiger partial charge in [-0.1, -0.05) is 6.07 Å². The van der Waals surface area contributed by atoms with Gasteiger partial charge in [0.05, 0.1) is 10.6 Å². The zero-order valence-corrected chi connectivity index (χ0v) is 13.6. The SMILES string of the molecule is Cc1cc(C)c(S(=O)(=O)Cl)cc1-n1cnc(C(F)(F)C(F)(F)F)n1. The Morgan fingerprint density at radius 2 is 1.67 bits per heavy atom. The van der Waals surface area contributed by atoms with Gasteiger partial charge in [-0.3, -0.25) is 0 Å². The fourth-order valence-electron chi connectivity index (χ4n) is 1.98. The monoisotopic (exact) mass is 389 g/mol. The van der Waals surface area contributed by atoms with Crippen LogP contribution in [0.3, 0.4) is 0 Å². The third kappa shape index (κ3) is 3.22. The first-order valence-corrected chi connectivity index (χ1v) is 8.49. The number of halogens is 6. The van der Waals surface area contributed by atoms with E-state index >= 15 is 0 Å². The molecule has 1 aromatic heterocycles. The van der Waals surface area contributed by atoms with Crippen LogP contribution in [-0.4, -0.2) is 29.4 Å². The largest absolute Gasteiger partial charge is 0.461 e. The summed E-state index contributed by atoms with van der Waals surface area (Å²) in [4.78, 5) is 2.67. The van der Waals surface area contributed by atoms with Gasteiger partial charge in [-0.15, -0.1) is 5.10 Å².